The van der Waals surface area contributed by atoms with Gasteiger partial charge in [0.1, 0.15) is 5.60 Å². The van der Waals surface area contributed by atoms with Gasteiger partial charge in [-0.1, -0.05) is 6.58 Å². The van der Waals surface area contributed by atoms with E-state index < -0.39 is 17.6 Å². The van der Waals surface area contributed by atoms with E-state index in [1.165, 1.54) is 0 Å². The molecular formula is C18H34N2O6. The van der Waals surface area contributed by atoms with Gasteiger partial charge in [-0.05, 0) is 46.2 Å². The van der Waals surface area contributed by atoms with Crippen molar-refractivity contribution in [3.63, 3.8) is 0 Å². The first-order chi connectivity index (χ1) is 12.3. The Balaban J connectivity index is 3.81. The molecule has 2 N–H and O–H groups in total. The summed E-state index contributed by atoms with van der Waals surface area (Å²) in [7, 11) is 0. The van der Waals surface area contributed by atoms with Crippen molar-refractivity contribution < 1.29 is 28.5 Å². The Morgan fingerprint density at radius 2 is 1.46 bits per heavy atom. The van der Waals surface area contributed by atoms with Gasteiger partial charge in [-0.25, -0.2) is 9.69 Å². The van der Waals surface area contributed by atoms with Gasteiger partial charge in [-0.2, -0.15) is 0 Å². The molecule has 0 rings (SSSR count). The van der Waals surface area contributed by atoms with Crippen molar-refractivity contribution in [3.8, 4) is 0 Å². The highest BCUT2D eigenvalue weighted by Gasteiger charge is 2.25. The largest absolute Gasteiger partial charge is 0.443 e. The van der Waals surface area contributed by atoms with Crippen molar-refractivity contribution in [3.05, 3.63) is 12.7 Å². The van der Waals surface area contributed by atoms with E-state index in [9.17, 15) is 9.59 Å². The molecule has 8 nitrogen and oxygen atoms in total. The fourth-order valence-electron chi connectivity index (χ4n) is 1.77. The molecule has 0 spiro atoms. The lowest BCUT2D eigenvalue weighted by atomic mass is 10.2. The van der Waals surface area contributed by atoms with Crippen molar-refractivity contribution in [1.82, 2.24) is 4.90 Å². The molecule has 0 aliphatic rings. The second-order valence-electron chi connectivity index (χ2n) is 6.51. The number of ether oxygens (including phenoxy) is 4. The second kappa shape index (κ2) is 14.7. The fraction of sp³-hybridized carbons (Fsp3) is 0.778. The van der Waals surface area contributed by atoms with Crippen LogP contribution in [0, 0.1) is 0 Å². The minimum Gasteiger partial charge on any atom is -0.443 e. The Bertz CT molecular complexity index is 409. The van der Waals surface area contributed by atoms with Gasteiger partial charge in [0.2, 0.25) is 0 Å². The van der Waals surface area contributed by atoms with Gasteiger partial charge in [0.15, 0.2) is 0 Å². The predicted molar refractivity (Wildman–Crippen MR) is 98.9 cm³/mol. The SMILES string of the molecule is C=CC(=O)N(CCCOCCOCCOCCCN)C(=O)OC(C)(C)C. The third-order valence-electron chi connectivity index (χ3n) is 2.96. The van der Waals surface area contributed by atoms with Crippen LogP contribution in [0.3, 0.4) is 0 Å². The van der Waals surface area contributed by atoms with Crippen molar-refractivity contribution in [2.24, 2.45) is 5.73 Å². The average molecular weight is 374 g/mol. The summed E-state index contributed by atoms with van der Waals surface area (Å²) in [6.45, 7) is 12.5. The highest BCUT2D eigenvalue weighted by molar-refractivity contribution is 5.98. The van der Waals surface area contributed by atoms with Crippen LogP contribution in [0.4, 0.5) is 4.79 Å². The van der Waals surface area contributed by atoms with Gasteiger partial charge in [-0.15, -0.1) is 0 Å². The maximum absolute atomic E-state index is 12.0. The van der Waals surface area contributed by atoms with E-state index in [-0.39, 0.29) is 6.54 Å². The summed E-state index contributed by atoms with van der Waals surface area (Å²) >= 11 is 0. The number of nitrogens with zero attached hydrogens (tertiary/aromatic N) is 1. The molecule has 0 saturated heterocycles. The van der Waals surface area contributed by atoms with E-state index in [2.05, 4.69) is 6.58 Å². The third-order valence-corrected chi connectivity index (χ3v) is 2.96. The zero-order valence-corrected chi connectivity index (χ0v) is 16.3. The van der Waals surface area contributed by atoms with Crippen molar-refractivity contribution in [1.29, 1.82) is 0 Å². The standard InChI is InChI=1S/C18H34N2O6/c1-5-16(21)20(17(22)26-18(2,3)4)9-7-11-24-13-15-25-14-12-23-10-6-8-19/h5H,1,6-15,19H2,2-4H3. The molecule has 2 amide bonds. The Morgan fingerprint density at radius 1 is 0.962 bits per heavy atom. The molecule has 0 aromatic heterocycles. The van der Waals surface area contributed by atoms with Crippen LogP contribution in [-0.4, -0.2) is 75.2 Å². The quantitative estimate of drug-likeness (QED) is 0.365. The number of rotatable bonds is 14. The predicted octanol–water partition coefficient (Wildman–Crippen LogP) is 1.72. The molecule has 0 bridgehead atoms. The summed E-state index contributed by atoms with van der Waals surface area (Å²) in [5, 5.41) is 0. The van der Waals surface area contributed by atoms with Crippen LogP contribution >= 0.6 is 0 Å². The van der Waals surface area contributed by atoms with E-state index in [1.807, 2.05) is 0 Å². The number of hydrogen-bond donors (Lipinski definition) is 1. The molecular weight excluding hydrogens is 340 g/mol. The lowest BCUT2D eigenvalue weighted by Crippen LogP contribution is -2.40. The minimum atomic E-state index is -0.680. The molecule has 0 aliphatic carbocycles. The maximum Gasteiger partial charge on any atom is 0.417 e. The van der Waals surface area contributed by atoms with Crippen LogP contribution in [0.15, 0.2) is 12.7 Å². The zero-order chi connectivity index (χ0) is 19.8. The first-order valence-electron chi connectivity index (χ1n) is 8.92. The number of carbonyl (C=O) groups excluding carboxylic acids is 2. The molecule has 152 valence electrons. The molecule has 0 fully saturated rings. The Labute approximate surface area is 156 Å². The van der Waals surface area contributed by atoms with Crippen molar-refractivity contribution in [2.75, 3.05) is 52.7 Å². The van der Waals surface area contributed by atoms with Gasteiger partial charge in [0, 0.05) is 19.8 Å². The minimum absolute atomic E-state index is 0.204. The van der Waals surface area contributed by atoms with E-state index >= 15 is 0 Å². The topological polar surface area (TPSA) is 100 Å². The van der Waals surface area contributed by atoms with Crippen LogP contribution in [0.5, 0.6) is 0 Å². The molecule has 0 unspecified atom stereocenters. The Hall–Kier alpha value is -1.48. The monoisotopic (exact) mass is 374 g/mol. The smallest absolute Gasteiger partial charge is 0.417 e. The normalized spacial score (nSPS) is 11.2. The third kappa shape index (κ3) is 13.8. The van der Waals surface area contributed by atoms with Crippen LogP contribution in [0.25, 0.3) is 0 Å². The Kier molecular flexibility index (Phi) is 13.8. The van der Waals surface area contributed by atoms with E-state index in [0.29, 0.717) is 52.6 Å². The summed E-state index contributed by atoms with van der Waals surface area (Å²) in [6.07, 6.45) is 1.76. The molecule has 0 aliphatic heterocycles. The highest BCUT2D eigenvalue weighted by Crippen LogP contribution is 2.10. The lowest BCUT2D eigenvalue weighted by molar-refractivity contribution is -0.125. The van der Waals surface area contributed by atoms with E-state index in [4.69, 9.17) is 24.7 Å². The van der Waals surface area contributed by atoms with Crippen molar-refractivity contribution >= 4 is 12.0 Å². The molecule has 26 heavy (non-hydrogen) atoms. The molecule has 0 aromatic carbocycles. The first-order valence-corrected chi connectivity index (χ1v) is 8.92. The lowest BCUT2D eigenvalue weighted by Gasteiger charge is -2.25. The number of carbonyl (C=O) groups is 2. The highest BCUT2D eigenvalue weighted by atomic mass is 16.6. The molecule has 0 heterocycles. The first kappa shape index (κ1) is 24.5. The zero-order valence-electron chi connectivity index (χ0n) is 16.3. The number of nitrogens with two attached hydrogens (primary N) is 1. The van der Waals surface area contributed by atoms with Crippen molar-refractivity contribution in [2.45, 2.75) is 39.2 Å². The van der Waals surface area contributed by atoms with Crippen LogP contribution in [-0.2, 0) is 23.7 Å². The summed E-state index contributed by atoms with van der Waals surface area (Å²) in [5.41, 5.74) is 4.69. The number of hydrogen-bond acceptors (Lipinski definition) is 7. The summed E-state index contributed by atoms with van der Waals surface area (Å²) in [5.74, 6) is -0.489. The molecule has 0 atom stereocenters. The summed E-state index contributed by atoms with van der Waals surface area (Å²) < 4.78 is 21.3. The average Bonchev–Trinajstić information content (AvgIpc) is 2.56. The second-order valence-corrected chi connectivity index (χ2v) is 6.51. The van der Waals surface area contributed by atoms with Crippen LogP contribution in [0.1, 0.15) is 33.6 Å². The van der Waals surface area contributed by atoms with Gasteiger partial charge < -0.3 is 24.7 Å². The van der Waals surface area contributed by atoms with Crippen LogP contribution < -0.4 is 5.73 Å². The van der Waals surface area contributed by atoms with E-state index in [1.54, 1.807) is 20.8 Å². The fourth-order valence-corrected chi connectivity index (χ4v) is 1.77. The van der Waals surface area contributed by atoms with Crippen LogP contribution in [0.2, 0.25) is 0 Å². The van der Waals surface area contributed by atoms with Gasteiger partial charge in [0.05, 0.1) is 26.4 Å². The molecule has 0 saturated carbocycles. The van der Waals surface area contributed by atoms with E-state index in [0.717, 1.165) is 17.4 Å². The van der Waals surface area contributed by atoms with Gasteiger partial charge in [0.25, 0.3) is 5.91 Å². The molecule has 8 heteroatoms. The van der Waals surface area contributed by atoms with Gasteiger partial charge in [-0.3, -0.25) is 4.79 Å². The van der Waals surface area contributed by atoms with Gasteiger partial charge >= 0.3 is 6.09 Å². The number of amides is 2. The summed E-state index contributed by atoms with van der Waals surface area (Å²) in [6, 6.07) is 0. The molecule has 0 aromatic rings. The Morgan fingerprint density at radius 3 is 1.92 bits per heavy atom. The maximum atomic E-state index is 12.0. The molecule has 0 radical (unpaired) electrons. The summed E-state index contributed by atoms with van der Waals surface area (Å²) in [4.78, 5) is 24.9. The number of imide groups is 1.